The zero-order valence-electron chi connectivity index (χ0n) is 7.59. The Morgan fingerprint density at radius 1 is 1.00 bits per heavy atom. The molecule has 0 atom stereocenters. The van der Waals surface area contributed by atoms with E-state index in [0.29, 0.717) is 0 Å². The summed E-state index contributed by atoms with van der Waals surface area (Å²) < 4.78 is 0. The van der Waals surface area contributed by atoms with Gasteiger partial charge in [0.25, 0.3) is 0 Å². The summed E-state index contributed by atoms with van der Waals surface area (Å²) >= 11 is 4.18. The monoisotopic (exact) mass is 202 g/mol. The van der Waals surface area contributed by atoms with E-state index in [1.165, 1.54) is 0 Å². The molecule has 0 saturated carbocycles. The van der Waals surface area contributed by atoms with Gasteiger partial charge in [-0.05, 0) is 23.8 Å². The first-order chi connectivity index (χ1) is 6.90. The summed E-state index contributed by atoms with van der Waals surface area (Å²) in [6.45, 7) is 0. The van der Waals surface area contributed by atoms with Crippen molar-refractivity contribution < 1.29 is 0 Å². The van der Waals surface area contributed by atoms with Crippen LogP contribution in [-0.4, -0.2) is 9.97 Å². The molecule has 0 aromatic carbocycles. The van der Waals surface area contributed by atoms with Gasteiger partial charge in [-0.3, -0.25) is 9.97 Å². The van der Waals surface area contributed by atoms with E-state index in [4.69, 9.17) is 0 Å². The molecule has 0 amide bonds. The molecule has 2 heterocycles. The lowest BCUT2D eigenvalue weighted by Gasteiger charge is -2.00. The van der Waals surface area contributed by atoms with Gasteiger partial charge in [0, 0.05) is 18.1 Å². The van der Waals surface area contributed by atoms with Gasteiger partial charge in [0.05, 0.1) is 11.4 Å². The Bertz CT molecular complexity index is 397. The fraction of sp³-hybridized carbons (Fsp3) is 0.0909. The van der Waals surface area contributed by atoms with E-state index in [1.54, 1.807) is 6.20 Å². The fourth-order valence-corrected chi connectivity index (χ4v) is 1.37. The lowest BCUT2D eigenvalue weighted by Crippen LogP contribution is -1.87. The summed E-state index contributed by atoms with van der Waals surface area (Å²) in [6.07, 6.45) is 3.60. The molecular weight excluding hydrogens is 192 g/mol. The molecule has 0 N–H and O–H groups in total. The molecule has 2 rings (SSSR count). The van der Waals surface area contributed by atoms with Crippen LogP contribution in [0.2, 0.25) is 0 Å². The van der Waals surface area contributed by atoms with Crippen LogP contribution in [0.25, 0.3) is 11.4 Å². The van der Waals surface area contributed by atoms with E-state index in [9.17, 15) is 0 Å². The van der Waals surface area contributed by atoms with Gasteiger partial charge in [-0.1, -0.05) is 12.1 Å². The van der Waals surface area contributed by atoms with E-state index < -0.39 is 0 Å². The molecule has 2 aromatic heterocycles. The third-order valence-corrected chi connectivity index (χ3v) is 2.30. The van der Waals surface area contributed by atoms with Crippen LogP contribution in [0.4, 0.5) is 0 Å². The van der Waals surface area contributed by atoms with E-state index in [-0.39, 0.29) is 0 Å². The molecule has 0 aliphatic carbocycles. The number of nitrogens with zero attached hydrogens (tertiary/aromatic N) is 2. The van der Waals surface area contributed by atoms with Crippen LogP contribution < -0.4 is 0 Å². The van der Waals surface area contributed by atoms with Gasteiger partial charge in [-0.25, -0.2) is 0 Å². The highest BCUT2D eigenvalue weighted by Gasteiger charge is 1.98. The van der Waals surface area contributed by atoms with Crippen LogP contribution in [0.3, 0.4) is 0 Å². The molecule has 2 aromatic rings. The van der Waals surface area contributed by atoms with E-state index in [1.807, 2.05) is 36.5 Å². The summed E-state index contributed by atoms with van der Waals surface area (Å²) in [7, 11) is 0. The molecule has 0 aliphatic heterocycles. The Morgan fingerprint density at radius 2 is 1.86 bits per heavy atom. The first kappa shape index (κ1) is 9.21. The maximum Gasteiger partial charge on any atom is 0.0886 e. The average Bonchev–Trinajstić information content (AvgIpc) is 2.30. The highest BCUT2D eigenvalue weighted by molar-refractivity contribution is 7.79. The van der Waals surface area contributed by atoms with Gasteiger partial charge in [0.15, 0.2) is 0 Å². The third-order valence-electron chi connectivity index (χ3n) is 1.93. The van der Waals surface area contributed by atoms with Crippen LogP contribution in [0.5, 0.6) is 0 Å². The molecule has 2 nitrogen and oxygen atoms in total. The second-order valence-corrected chi connectivity index (χ2v) is 3.24. The molecule has 14 heavy (non-hydrogen) atoms. The number of aromatic nitrogens is 2. The zero-order valence-corrected chi connectivity index (χ0v) is 8.48. The van der Waals surface area contributed by atoms with Crippen molar-refractivity contribution in [2.75, 3.05) is 0 Å². The quantitative estimate of drug-likeness (QED) is 0.757. The lowest BCUT2D eigenvalue weighted by atomic mass is 10.2. The molecule has 70 valence electrons. The molecular formula is C11H10N2S. The first-order valence-electron chi connectivity index (χ1n) is 4.37. The first-order valence-corrected chi connectivity index (χ1v) is 5.00. The fourth-order valence-electron chi connectivity index (χ4n) is 1.18. The Hall–Kier alpha value is -1.35. The minimum Gasteiger partial charge on any atom is -0.255 e. The zero-order chi connectivity index (χ0) is 9.80. The molecule has 3 heteroatoms. The second-order valence-electron chi connectivity index (χ2n) is 2.92. The number of hydrogen-bond acceptors (Lipinski definition) is 3. The number of rotatable bonds is 2. The number of pyridine rings is 2. The van der Waals surface area contributed by atoms with Crippen LogP contribution in [0, 0.1) is 0 Å². The van der Waals surface area contributed by atoms with Crippen molar-refractivity contribution in [3.8, 4) is 11.4 Å². The van der Waals surface area contributed by atoms with Crippen LogP contribution in [0.15, 0.2) is 42.7 Å². The van der Waals surface area contributed by atoms with Crippen molar-refractivity contribution in [1.82, 2.24) is 9.97 Å². The van der Waals surface area contributed by atoms with Crippen molar-refractivity contribution in [2.45, 2.75) is 5.75 Å². The summed E-state index contributed by atoms with van der Waals surface area (Å²) in [5, 5.41) is 0. The predicted octanol–water partition coefficient (Wildman–Crippen LogP) is 2.57. The highest BCUT2D eigenvalue weighted by atomic mass is 32.1. The van der Waals surface area contributed by atoms with Gasteiger partial charge >= 0.3 is 0 Å². The van der Waals surface area contributed by atoms with Crippen molar-refractivity contribution >= 4 is 12.6 Å². The summed E-state index contributed by atoms with van der Waals surface area (Å²) in [5.41, 5.74) is 2.92. The van der Waals surface area contributed by atoms with E-state index in [0.717, 1.165) is 22.7 Å². The van der Waals surface area contributed by atoms with Crippen LogP contribution in [-0.2, 0) is 5.75 Å². The maximum absolute atomic E-state index is 4.31. The molecule has 0 unspecified atom stereocenters. The predicted molar refractivity (Wildman–Crippen MR) is 60.2 cm³/mol. The summed E-state index contributed by atoms with van der Waals surface area (Å²) in [4.78, 5) is 8.53. The maximum atomic E-state index is 4.31. The summed E-state index contributed by atoms with van der Waals surface area (Å²) in [6, 6.07) is 9.78. The SMILES string of the molecule is SCc1ccc(-c2ccccn2)nc1. The lowest BCUT2D eigenvalue weighted by molar-refractivity contribution is 1.21. The van der Waals surface area contributed by atoms with E-state index >= 15 is 0 Å². The second kappa shape index (κ2) is 4.24. The van der Waals surface area contributed by atoms with Gasteiger partial charge in [0.1, 0.15) is 0 Å². The topological polar surface area (TPSA) is 25.8 Å². The molecule has 0 fully saturated rings. The van der Waals surface area contributed by atoms with Gasteiger partial charge in [-0.2, -0.15) is 12.6 Å². The third kappa shape index (κ3) is 1.93. The van der Waals surface area contributed by atoms with Crippen LogP contribution >= 0.6 is 12.6 Å². The number of thiol groups is 1. The Labute approximate surface area is 88.4 Å². The van der Waals surface area contributed by atoms with Gasteiger partial charge in [0.2, 0.25) is 0 Å². The molecule has 0 aliphatic rings. The molecule has 0 radical (unpaired) electrons. The Balaban J connectivity index is 2.34. The molecule has 0 bridgehead atoms. The Morgan fingerprint density at radius 3 is 2.43 bits per heavy atom. The molecule has 0 spiro atoms. The number of hydrogen-bond donors (Lipinski definition) is 1. The van der Waals surface area contributed by atoms with E-state index in [2.05, 4.69) is 22.6 Å². The standard InChI is InChI=1S/C11H10N2S/c14-8-9-4-5-11(13-7-9)10-3-1-2-6-12-10/h1-7,14H,8H2. The normalized spacial score (nSPS) is 10.1. The van der Waals surface area contributed by atoms with Crippen molar-refractivity contribution in [3.63, 3.8) is 0 Å². The van der Waals surface area contributed by atoms with Crippen molar-refractivity contribution in [3.05, 3.63) is 48.3 Å². The average molecular weight is 202 g/mol. The van der Waals surface area contributed by atoms with Crippen molar-refractivity contribution in [2.24, 2.45) is 0 Å². The summed E-state index contributed by atoms with van der Waals surface area (Å²) in [5.74, 6) is 0.718. The highest BCUT2D eigenvalue weighted by Crippen LogP contribution is 2.13. The van der Waals surface area contributed by atoms with Crippen LogP contribution in [0.1, 0.15) is 5.56 Å². The largest absolute Gasteiger partial charge is 0.255 e. The minimum atomic E-state index is 0.718. The smallest absolute Gasteiger partial charge is 0.0886 e. The van der Waals surface area contributed by atoms with Crippen molar-refractivity contribution in [1.29, 1.82) is 0 Å². The Kier molecular flexibility index (Phi) is 2.79. The molecule has 0 saturated heterocycles. The van der Waals surface area contributed by atoms with Gasteiger partial charge < -0.3 is 0 Å². The van der Waals surface area contributed by atoms with Gasteiger partial charge in [-0.15, -0.1) is 0 Å². The minimum absolute atomic E-state index is 0.718.